The molecule has 0 radical (unpaired) electrons. The number of hydrogen-bond acceptors (Lipinski definition) is 3. The minimum Gasteiger partial charge on any atom is -0.313 e. The van der Waals surface area contributed by atoms with Gasteiger partial charge < -0.3 is 5.32 Å². The highest BCUT2D eigenvalue weighted by Crippen LogP contribution is 2.27. The van der Waals surface area contributed by atoms with Crippen molar-refractivity contribution in [1.82, 2.24) is 5.32 Å². The van der Waals surface area contributed by atoms with E-state index in [4.69, 9.17) is 0 Å². The van der Waals surface area contributed by atoms with Crippen LogP contribution in [-0.2, 0) is 9.84 Å². The molecule has 3 nitrogen and oxygen atoms in total. The molecule has 3 rings (SSSR count). The molecule has 0 spiro atoms. The Morgan fingerprint density at radius 2 is 1.21 bits per heavy atom. The lowest BCUT2D eigenvalue weighted by atomic mass is 9.88. The number of sulfone groups is 1. The third kappa shape index (κ3) is 5.54. The molecule has 0 aromatic heterocycles. The maximum absolute atomic E-state index is 12.5. The van der Waals surface area contributed by atoms with Crippen molar-refractivity contribution in [1.29, 1.82) is 0 Å². The normalized spacial score (nSPS) is 12.8. The van der Waals surface area contributed by atoms with E-state index in [0.717, 1.165) is 13.0 Å². The zero-order valence-electron chi connectivity index (χ0n) is 16.2. The van der Waals surface area contributed by atoms with Crippen LogP contribution in [0.15, 0.2) is 95.9 Å². The molecule has 0 saturated carbocycles. The van der Waals surface area contributed by atoms with E-state index in [1.807, 2.05) is 25.1 Å². The summed E-state index contributed by atoms with van der Waals surface area (Å²) in [5, 5.41) is 3.40. The largest absolute Gasteiger partial charge is 0.313 e. The second-order valence-electron chi connectivity index (χ2n) is 7.11. The molecule has 0 fully saturated rings. The van der Waals surface area contributed by atoms with Crippen LogP contribution in [0, 0.1) is 0 Å². The summed E-state index contributed by atoms with van der Waals surface area (Å²) in [5.41, 5.74) is 2.56. The molecule has 146 valence electrons. The van der Waals surface area contributed by atoms with Gasteiger partial charge in [-0.05, 0) is 43.1 Å². The third-order valence-corrected chi connectivity index (χ3v) is 6.83. The van der Waals surface area contributed by atoms with Gasteiger partial charge in [0.05, 0.1) is 10.6 Å². The van der Waals surface area contributed by atoms with Crippen LogP contribution in [0.2, 0.25) is 0 Å². The van der Waals surface area contributed by atoms with Crippen LogP contribution in [0.1, 0.15) is 30.4 Å². The van der Waals surface area contributed by atoms with Crippen LogP contribution in [0.25, 0.3) is 0 Å². The lowest BCUT2D eigenvalue weighted by Gasteiger charge is -2.20. The van der Waals surface area contributed by atoms with Gasteiger partial charge in [0, 0.05) is 12.0 Å². The lowest BCUT2D eigenvalue weighted by Crippen LogP contribution is -2.34. The average Bonchev–Trinajstić information content (AvgIpc) is 2.73. The smallest absolute Gasteiger partial charge is 0.179 e. The SMILES string of the molecule is C[C@@H](CS(=O)(=O)c1ccccc1)NCCC(c1ccccc1)c1ccccc1. The molecule has 28 heavy (non-hydrogen) atoms. The van der Waals surface area contributed by atoms with Crippen molar-refractivity contribution < 1.29 is 8.42 Å². The molecule has 0 bridgehead atoms. The molecule has 0 aliphatic heterocycles. The van der Waals surface area contributed by atoms with Gasteiger partial charge in [0.15, 0.2) is 9.84 Å². The first kappa shape index (κ1) is 20.3. The predicted octanol–water partition coefficient (Wildman–Crippen LogP) is 4.66. The first-order valence-corrected chi connectivity index (χ1v) is 11.3. The summed E-state index contributed by atoms with van der Waals surface area (Å²) in [4.78, 5) is 0.384. The fourth-order valence-electron chi connectivity index (χ4n) is 3.48. The Bertz CT molecular complexity index is 902. The van der Waals surface area contributed by atoms with Crippen LogP contribution in [0.4, 0.5) is 0 Å². The van der Waals surface area contributed by atoms with E-state index in [9.17, 15) is 8.42 Å². The first-order chi connectivity index (χ1) is 13.6. The molecular formula is C24H27NO2S. The van der Waals surface area contributed by atoms with Gasteiger partial charge in [0.25, 0.3) is 0 Å². The number of nitrogens with one attached hydrogen (secondary N) is 1. The van der Waals surface area contributed by atoms with Crippen molar-refractivity contribution in [2.45, 2.75) is 30.2 Å². The molecule has 4 heteroatoms. The number of rotatable bonds is 9. The summed E-state index contributed by atoms with van der Waals surface area (Å²) in [5.74, 6) is 0.381. The van der Waals surface area contributed by atoms with E-state index in [1.54, 1.807) is 24.3 Å². The number of benzene rings is 3. The fourth-order valence-corrected chi connectivity index (χ4v) is 5.02. The number of hydrogen-bond donors (Lipinski definition) is 1. The average molecular weight is 394 g/mol. The van der Waals surface area contributed by atoms with Crippen molar-refractivity contribution in [2.75, 3.05) is 12.3 Å². The molecule has 0 aliphatic carbocycles. The Hall–Kier alpha value is -2.43. The molecule has 0 saturated heterocycles. The van der Waals surface area contributed by atoms with Gasteiger partial charge in [-0.15, -0.1) is 0 Å². The zero-order valence-corrected chi connectivity index (χ0v) is 17.0. The van der Waals surface area contributed by atoms with Crippen molar-refractivity contribution in [3.8, 4) is 0 Å². The quantitative estimate of drug-likeness (QED) is 0.575. The van der Waals surface area contributed by atoms with Gasteiger partial charge in [0.2, 0.25) is 0 Å². The lowest BCUT2D eigenvalue weighted by molar-refractivity contribution is 0.536. The Kier molecular flexibility index (Phi) is 7.01. The predicted molar refractivity (Wildman–Crippen MR) is 115 cm³/mol. The molecule has 1 atom stereocenters. The van der Waals surface area contributed by atoms with Crippen molar-refractivity contribution in [3.63, 3.8) is 0 Å². The van der Waals surface area contributed by atoms with Gasteiger partial charge in [-0.25, -0.2) is 8.42 Å². The maximum Gasteiger partial charge on any atom is 0.179 e. The summed E-state index contributed by atoms with van der Waals surface area (Å²) in [7, 11) is -3.28. The molecule has 0 amide bonds. The molecule has 0 unspecified atom stereocenters. The highest BCUT2D eigenvalue weighted by atomic mass is 32.2. The standard InChI is InChI=1S/C24H27NO2S/c1-20(19-28(26,27)23-15-9-4-10-16-23)25-18-17-24(21-11-5-2-6-12-21)22-13-7-3-8-14-22/h2-16,20,24-25H,17-19H2,1H3/t20-/m0/s1. The van der Waals surface area contributed by atoms with E-state index >= 15 is 0 Å². The summed E-state index contributed by atoms with van der Waals surface area (Å²) >= 11 is 0. The van der Waals surface area contributed by atoms with E-state index in [2.05, 4.69) is 53.8 Å². The van der Waals surface area contributed by atoms with Crippen LogP contribution in [0.5, 0.6) is 0 Å². The van der Waals surface area contributed by atoms with Gasteiger partial charge in [-0.1, -0.05) is 78.9 Å². The maximum atomic E-state index is 12.5. The Balaban J connectivity index is 1.61. The van der Waals surface area contributed by atoms with Gasteiger partial charge >= 0.3 is 0 Å². The molecule has 3 aromatic rings. The molecule has 3 aromatic carbocycles. The minimum atomic E-state index is -3.28. The van der Waals surface area contributed by atoms with Crippen LogP contribution >= 0.6 is 0 Å². The van der Waals surface area contributed by atoms with Gasteiger partial charge in [0.1, 0.15) is 0 Å². The second-order valence-corrected chi connectivity index (χ2v) is 9.15. The first-order valence-electron chi connectivity index (χ1n) is 9.67. The topological polar surface area (TPSA) is 46.2 Å². The Labute approximate surface area is 168 Å². The summed E-state index contributed by atoms with van der Waals surface area (Å²) < 4.78 is 25.1. The fraction of sp³-hybridized carbons (Fsp3) is 0.250. The van der Waals surface area contributed by atoms with E-state index in [1.165, 1.54) is 11.1 Å². The minimum absolute atomic E-state index is 0.0956. The van der Waals surface area contributed by atoms with Gasteiger partial charge in [-0.3, -0.25) is 0 Å². The Morgan fingerprint density at radius 1 is 0.750 bits per heavy atom. The van der Waals surface area contributed by atoms with Crippen molar-refractivity contribution >= 4 is 9.84 Å². The van der Waals surface area contributed by atoms with Crippen molar-refractivity contribution in [2.24, 2.45) is 0 Å². The summed E-state index contributed by atoms with van der Waals surface area (Å²) in [6.07, 6.45) is 0.906. The summed E-state index contributed by atoms with van der Waals surface area (Å²) in [6, 6.07) is 29.5. The van der Waals surface area contributed by atoms with E-state index in [-0.39, 0.29) is 17.7 Å². The van der Waals surface area contributed by atoms with Crippen LogP contribution < -0.4 is 5.32 Å². The Morgan fingerprint density at radius 3 is 1.71 bits per heavy atom. The third-order valence-electron chi connectivity index (χ3n) is 4.90. The van der Waals surface area contributed by atoms with Crippen molar-refractivity contribution in [3.05, 3.63) is 102 Å². The highest BCUT2D eigenvalue weighted by Gasteiger charge is 2.19. The summed E-state index contributed by atoms with van der Waals surface area (Å²) in [6.45, 7) is 2.68. The zero-order chi connectivity index (χ0) is 19.8. The van der Waals surface area contributed by atoms with E-state index in [0.29, 0.717) is 4.90 Å². The molecule has 1 N–H and O–H groups in total. The highest BCUT2D eigenvalue weighted by molar-refractivity contribution is 7.91. The second kappa shape index (κ2) is 9.67. The van der Waals surface area contributed by atoms with Crippen LogP contribution in [-0.4, -0.2) is 26.8 Å². The molecular weight excluding hydrogens is 366 g/mol. The van der Waals surface area contributed by atoms with Crippen LogP contribution in [0.3, 0.4) is 0 Å². The molecule has 0 aliphatic rings. The molecule has 0 heterocycles. The monoisotopic (exact) mass is 393 g/mol. The van der Waals surface area contributed by atoms with E-state index < -0.39 is 9.84 Å². The van der Waals surface area contributed by atoms with Gasteiger partial charge in [-0.2, -0.15) is 0 Å².